The highest BCUT2D eigenvalue weighted by atomic mass is 31.2. The first-order valence-electron chi connectivity index (χ1n) is 9.10. The van der Waals surface area contributed by atoms with Gasteiger partial charge in [-0.3, -0.25) is 0 Å². The first-order valence-corrected chi connectivity index (χ1v) is 11.0. The maximum absolute atomic E-state index is 11.3. The zero-order valence-electron chi connectivity index (χ0n) is 15.8. The van der Waals surface area contributed by atoms with Crippen LogP contribution in [0.2, 0.25) is 0 Å². The number of allylic oxidation sites excluding steroid dienone is 3. The van der Waals surface area contributed by atoms with Crippen LogP contribution in [-0.4, -0.2) is 18.9 Å². The first-order chi connectivity index (χ1) is 13.8. The minimum absolute atomic E-state index is 0.361. The Balaban J connectivity index is 2.22. The summed E-state index contributed by atoms with van der Waals surface area (Å²) in [5, 5.41) is 3.86. The van der Waals surface area contributed by atoms with E-state index in [9.17, 15) is 4.79 Å². The summed E-state index contributed by atoms with van der Waals surface area (Å²) in [6.07, 6.45) is 7.02. The summed E-state index contributed by atoms with van der Waals surface area (Å²) in [7, 11) is 1.37. The number of carbonyl (C=O) groups is 1. The Morgan fingerprint density at radius 1 is 0.679 bits per heavy atom. The third kappa shape index (κ3) is 4.42. The summed E-state index contributed by atoms with van der Waals surface area (Å²) in [6, 6.07) is 31.8. The molecule has 0 N–H and O–H groups in total. The van der Waals surface area contributed by atoms with Crippen LogP contribution in [0.25, 0.3) is 0 Å². The van der Waals surface area contributed by atoms with Gasteiger partial charge in [-0.05, 0) is 22.8 Å². The topological polar surface area (TPSA) is 26.3 Å². The van der Waals surface area contributed by atoms with Crippen molar-refractivity contribution in [1.82, 2.24) is 0 Å². The van der Waals surface area contributed by atoms with Gasteiger partial charge in [0.2, 0.25) is 0 Å². The number of methoxy groups -OCH3 is 1. The second kappa shape index (κ2) is 9.73. The number of hydrogen-bond acceptors (Lipinski definition) is 2. The van der Waals surface area contributed by atoms with Crippen molar-refractivity contribution in [3.63, 3.8) is 0 Å². The van der Waals surface area contributed by atoms with Crippen molar-refractivity contribution >= 4 is 34.6 Å². The van der Waals surface area contributed by atoms with Crippen molar-refractivity contribution in [1.29, 1.82) is 0 Å². The van der Waals surface area contributed by atoms with E-state index < -0.39 is 6.89 Å². The standard InChI is InChI=1S/C25H23O2P/c1-27-25(26)20-12-5-13-21-28(22-14-6-2-7-15-22,23-16-8-3-9-17-23)24-18-10-4-11-19-24/h2-21H,1H3/b13-5+,20-12+. The summed E-state index contributed by atoms with van der Waals surface area (Å²) in [5.41, 5.74) is 0. The highest BCUT2D eigenvalue weighted by Crippen LogP contribution is 2.43. The van der Waals surface area contributed by atoms with Crippen LogP contribution in [0.1, 0.15) is 0 Å². The summed E-state index contributed by atoms with van der Waals surface area (Å²) < 4.78 is 4.64. The van der Waals surface area contributed by atoms with Crippen LogP contribution in [0.5, 0.6) is 0 Å². The number of benzene rings is 3. The van der Waals surface area contributed by atoms with Crippen LogP contribution < -0.4 is 15.9 Å². The Morgan fingerprint density at radius 3 is 1.50 bits per heavy atom. The highest BCUT2D eigenvalue weighted by molar-refractivity contribution is 7.94. The van der Waals surface area contributed by atoms with E-state index in [1.807, 2.05) is 30.4 Å². The Labute approximate surface area is 166 Å². The van der Waals surface area contributed by atoms with Crippen LogP contribution in [0.15, 0.2) is 115 Å². The molecule has 0 saturated carbocycles. The normalized spacial score (nSPS) is 11.6. The van der Waals surface area contributed by atoms with E-state index in [1.54, 1.807) is 6.08 Å². The zero-order valence-corrected chi connectivity index (χ0v) is 16.7. The van der Waals surface area contributed by atoms with Gasteiger partial charge in [0.1, 0.15) is 0 Å². The molecule has 3 rings (SSSR count). The molecule has 0 aliphatic carbocycles. The second-order valence-corrected chi connectivity index (χ2v) is 9.44. The van der Waals surface area contributed by atoms with Gasteiger partial charge < -0.3 is 4.74 Å². The Hall–Kier alpha value is -3.09. The molecule has 28 heavy (non-hydrogen) atoms. The van der Waals surface area contributed by atoms with Crippen LogP contribution >= 0.6 is 6.89 Å². The summed E-state index contributed by atoms with van der Waals surface area (Å²) >= 11 is 0. The molecule has 2 nitrogen and oxygen atoms in total. The molecule has 0 aromatic heterocycles. The Kier molecular flexibility index (Phi) is 6.84. The van der Waals surface area contributed by atoms with Gasteiger partial charge in [-0.25, -0.2) is 4.79 Å². The summed E-state index contributed by atoms with van der Waals surface area (Å²) in [4.78, 5) is 11.3. The Morgan fingerprint density at radius 2 is 1.11 bits per heavy atom. The minimum Gasteiger partial charge on any atom is -0.466 e. The van der Waals surface area contributed by atoms with E-state index in [1.165, 1.54) is 29.1 Å². The van der Waals surface area contributed by atoms with Crippen molar-refractivity contribution in [2.45, 2.75) is 0 Å². The SMILES string of the molecule is COC(=O)/C=C/C=C/C=P(c1ccccc1)(c1ccccc1)c1ccccc1. The second-order valence-electron chi connectivity index (χ2n) is 6.15. The molecule has 0 bridgehead atoms. The molecule has 0 fully saturated rings. The number of rotatable bonds is 6. The van der Waals surface area contributed by atoms with Gasteiger partial charge in [0.25, 0.3) is 0 Å². The third-order valence-corrected chi connectivity index (χ3v) is 8.41. The molecule has 0 saturated heterocycles. The third-order valence-electron chi connectivity index (χ3n) is 4.46. The molecule has 0 amide bonds. The molecule has 0 unspecified atom stereocenters. The largest absolute Gasteiger partial charge is 0.466 e. The number of carbonyl (C=O) groups excluding carboxylic acids is 1. The van der Waals surface area contributed by atoms with Crippen molar-refractivity contribution in [3.05, 3.63) is 115 Å². The molecule has 3 aromatic rings. The van der Waals surface area contributed by atoms with E-state index in [0.717, 1.165) is 0 Å². The fourth-order valence-electron chi connectivity index (χ4n) is 3.14. The number of ether oxygens (including phenoxy) is 1. The first kappa shape index (κ1) is 19.7. The maximum Gasteiger partial charge on any atom is 0.330 e. The van der Waals surface area contributed by atoms with E-state index in [0.29, 0.717) is 0 Å². The number of hydrogen-bond donors (Lipinski definition) is 0. The molecule has 3 heteroatoms. The van der Waals surface area contributed by atoms with Gasteiger partial charge in [-0.15, -0.1) is 0 Å². The van der Waals surface area contributed by atoms with Crippen LogP contribution in [0, 0.1) is 0 Å². The number of esters is 1. The smallest absolute Gasteiger partial charge is 0.330 e. The average molecular weight is 386 g/mol. The van der Waals surface area contributed by atoms with Crippen LogP contribution in [0.4, 0.5) is 0 Å². The lowest BCUT2D eigenvalue weighted by atomic mass is 10.4. The van der Waals surface area contributed by atoms with Crippen molar-refractivity contribution in [2.75, 3.05) is 7.11 Å². The maximum atomic E-state index is 11.3. The van der Waals surface area contributed by atoms with Crippen LogP contribution in [-0.2, 0) is 9.53 Å². The quantitative estimate of drug-likeness (QED) is 0.276. The lowest BCUT2D eigenvalue weighted by Crippen LogP contribution is -2.26. The molecule has 140 valence electrons. The minimum atomic E-state index is -1.99. The van der Waals surface area contributed by atoms with Gasteiger partial charge in [0.15, 0.2) is 0 Å². The molecule has 0 spiro atoms. The van der Waals surface area contributed by atoms with Gasteiger partial charge in [0.05, 0.1) is 7.11 Å². The zero-order chi connectivity index (χ0) is 19.7. The fraction of sp³-hybridized carbons (Fsp3) is 0.0400. The monoisotopic (exact) mass is 386 g/mol. The summed E-state index contributed by atoms with van der Waals surface area (Å²) in [5.74, 6) is 1.93. The van der Waals surface area contributed by atoms with Crippen molar-refractivity contribution in [3.8, 4) is 0 Å². The molecular formula is C25H23O2P. The Bertz CT molecular complexity index is 901. The predicted molar refractivity (Wildman–Crippen MR) is 122 cm³/mol. The molecule has 0 heterocycles. The molecule has 0 radical (unpaired) electrons. The molecule has 3 aromatic carbocycles. The fourth-order valence-corrected chi connectivity index (χ4v) is 6.84. The average Bonchev–Trinajstić information content (AvgIpc) is 2.78. The molecule has 0 atom stereocenters. The lowest BCUT2D eigenvalue weighted by molar-refractivity contribution is -0.134. The van der Waals surface area contributed by atoms with Gasteiger partial charge in [-0.1, -0.05) is 115 Å². The van der Waals surface area contributed by atoms with Crippen molar-refractivity contribution < 1.29 is 9.53 Å². The van der Waals surface area contributed by atoms with E-state index in [4.69, 9.17) is 0 Å². The van der Waals surface area contributed by atoms with Gasteiger partial charge in [0, 0.05) is 6.08 Å². The molecule has 0 aliphatic rings. The van der Waals surface area contributed by atoms with E-state index in [2.05, 4.69) is 83.3 Å². The predicted octanol–water partition coefficient (Wildman–Crippen LogP) is 4.07. The van der Waals surface area contributed by atoms with Crippen LogP contribution in [0.3, 0.4) is 0 Å². The molecule has 0 aliphatic heterocycles. The lowest BCUT2D eigenvalue weighted by Gasteiger charge is -2.28. The van der Waals surface area contributed by atoms with Gasteiger partial charge >= 0.3 is 5.97 Å². The molecular weight excluding hydrogens is 363 g/mol. The highest BCUT2D eigenvalue weighted by Gasteiger charge is 2.23. The van der Waals surface area contributed by atoms with Gasteiger partial charge in [-0.2, -0.15) is 0 Å². The summed E-state index contributed by atoms with van der Waals surface area (Å²) in [6.45, 7) is -1.99. The van der Waals surface area contributed by atoms with E-state index in [-0.39, 0.29) is 5.97 Å². The van der Waals surface area contributed by atoms with E-state index >= 15 is 0 Å². The van der Waals surface area contributed by atoms with Crippen molar-refractivity contribution in [2.24, 2.45) is 0 Å².